The molecule has 0 amide bonds. The summed E-state index contributed by atoms with van der Waals surface area (Å²) in [6.07, 6.45) is 14.6. The van der Waals surface area contributed by atoms with Gasteiger partial charge in [0.15, 0.2) is 0 Å². The topological polar surface area (TPSA) is 60.7 Å². The van der Waals surface area contributed by atoms with Gasteiger partial charge in [-0.2, -0.15) is 0 Å². The number of hydrogen-bond donors (Lipinski definition) is 3. The third kappa shape index (κ3) is 4.51. The SMILES string of the molecule is CC(CC[C@@H](O)[C@@H](C)[C@@H](O)CO)[C@H]1CC[C@]2(C)[C@H]3CC[C@@H]4[C@@]5(C)C[C@H](C)CC(C)(C)[C@@H]5CC[C@@]4(C)[C@]3(C)CC[C@@H]12. The molecule has 14 atom stereocenters. The maximum Gasteiger partial charge on any atom is 0.0820 e. The highest BCUT2D eigenvalue weighted by molar-refractivity contribution is 5.19. The lowest BCUT2D eigenvalue weighted by molar-refractivity contribution is -0.245. The van der Waals surface area contributed by atoms with Crippen molar-refractivity contribution < 1.29 is 15.3 Å². The van der Waals surface area contributed by atoms with Crippen LogP contribution in [0.1, 0.15) is 139 Å². The Kier molecular flexibility index (Phi) is 8.22. The number of hydrogen-bond acceptors (Lipinski definition) is 3. The first-order valence-electron chi connectivity index (χ1n) is 17.5. The summed E-state index contributed by atoms with van der Waals surface area (Å²) >= 11 is 0. The largest absolute Gasteiger partial charge is 0.394 e. The number of rotatable bonds is 7. The van der Waals surface area contributed by atoms with E-state index in [0.29, 0.717) is 33.0 Å². The zero-order chi connectivity index (χ0) is 29.5. The number of fused-ring (bicyclic) bond motifs is 7. The van der Waals surface area contributed by atoms with Crippen LogP contribution >= 0.6 is 0 Å². The molecule has 40 heavy (non-hydrogen) atoms. The van der Waals surface area contributed by atoms with Crippen LogP contribution in [0.25, 0.3) is 0 Å². The maximum atomic E-state index is 10.7. The van der Waals surface area contributed by atoms with E-state index in [4.69, 9.17) is 0 Å². The summed E-state index contributed by atoms with van der Waals surface area (Å²) in [5.74, 6) is 5.37. The standard InChI is InChI=1S/C37H66O3/c1-23-20-33(4,5)30-16-19-37(9)32(35(30,7)21-23)13-12-31-34(6)17-14-26(27(34)15-18-36(31,37)8)24(2)10-11-28(39)25(3)29(40)22-38/h23-32,38-40H,10-22H2,1-9H3/t23-,24?,25-,26-,27+,28-,29+,30+,31-,32-,34+,35+,36-,37-/m1/s1. The summed E-state index contributed by atoms with van der Waals surface area (Å²) in [6.45, 7) is 22.8. The van der Waals surface area contributed by atoms with Crippen molar-refractivity contribution in [2.45, 2.75) is 152 Å². The molecule has 1 unspecified atom stereocenters. The summed E-state index contributed by atoms with van der Waals surface area (Å²) < 4.78 is 0. The van der Waals surface area contributed by atoms with E-state index in [1.165, 1.54) is 64.2 Å². The average Bonchev–Trinajstić information content (AvgIpc) is 3.22. The van der Waals surface area contributed by atoms with E-state index >= 15 is 0 Å². The molecule has 0 heterocycles. The molecule has 5 rings (SSSR count). The quantitative estimate of drug-likeness (QED) is 0.294. The van der Waals surface area contributed by atoms with Gasteiger partial charge in [-0.15, -0.1) is 0 Å². The highest BCUT2D eigenvalue weighted by Gasteiger charge is 2.70. The smallest absolute Gasteiger partial charge is 0.0820 e. The molecule has 0 aliphatic heterocycles. The zero-order valence-electron chi connectivity index (χ0n) is 27.8. The van der Waals surface area contributed by atoms with Crippen LogP contribution in [0.3, 0.4) is 0 Å². The monoisotopic (exact) mass is 559 g/mol. The second kappa shape index (κ2) is 10.5. The molecule has 0 aromatic heterocycles. The summed E-state index contributed by atoms with van der Waals surface area (Å²) in [7, 11) is 0. The minimum absolute atomic E-state index is 0.270. The Bertz CT molecular complexity index is 915. The fraction of sp³-hybridized carbons (Fsp3) is 1.00. The Balaban J connectivity index is 1.34. The fourth-order valence-electron chi connectivity index (χ4n) is 14.0. The van der Waals surface area contributed by atoms with Crippen LogP contribution in [-0.2, 0) is 0 Å². The normalized spacial score (nSPS) is 51.0. The molecule has 5 aliphatic carbocycles. The molecule has 0 radical (unpaired) electrons. The van der Waals surface area contributed by atoms with Crippen LogP contribution in [0.5, 0.6) is 0 Å². The Hall–Kier alpha value is -0.120. The fourth-order valence-corrected chi connectivity index (χ4v) is 14.0. The van der Waals surface area contributed by atoms with Crippen LogP contribution in [0.15, 0.2) is 0 Å². The van der Waals surface area contributed by atoms with Crippen molar-refractivity contribution in [1.29, 1.82) is 0 Å². The first kappa shape index (κ1) is 31.3. The lowest BCUT2D eigenvalue weighted by Crippen LogP contribution is -2.66. The predicted octanol–water partition coefficient (Wildman–Crippen LogP) is 8.49. The Morgan fingerprint density at radius 1 is 0.675 bits per heavy atom. The van der Waals surface area contributed by atoms with Crippen LogP contribution in [0, 0.1) is 74.4 Å². The van der Waals surface area contributed by atoms with Gasteiger partial charge in [-0.1, -0.05) is 62.3 Å². The average molecular weight is 559 g/mol. The Morgan fingerprint density at radius 2 is 1.27 bits per heavy atom. The van der Waals surface area contributed by atoms with Crippen molar-refractivity contribution in [2.24, 2.45) is 74.4 Å². The van der Waals surface area contributed by atoms with Gasteiger partial charge in [0.25, 0.3) is 0 Å². The first-order valence-corrected chi connectivity index (χ1v) is 17.5. The van der Waals surface area contributed by atoms with Gasteiger partial charge in [-0.25, -0.2) is 0 Å². The van der Waals surface area contributed by atoms with E-state index < -0.39 is 12.2 Å². The second-order valence-electron chi connectivity index (χ2n) is 18.2. The van der Waals surface area contributed by atoms with Crippen molar-refractivity contribution in [3.8, 4) is 0 Å². The highest BCUT2D eigenvalue weighted by Crippen LogP contribution is 2.78. The molecule has 0 saturated heterocycles. The molecule has 3 N–H and O–H groups in total. The molecule has 0 bridgehead atoms. The molecule has 0 spiro atoms. The summed E-state index contributed by atoms with van der Waals surface area (Å²) in [5, 5.41) is 30.0. The van der Waals surface area contributed by atoms with Gasteiger partial charge in [-0.3, -0.25) is 0 Å². The second-order valence-corrected chi connectivity index (χ2v) is 18.2. The third-order valence-electron chi connectivity index (χ3n) is 15.9. The summed E-state index contributed by atoms with van der Waals surface area (Å²) in [4.78, 5) is 0. The van der Waals surface area contributed by atoms with Gasteiger partial charge >= 0.3 is 0 Å². The third-order valence-corrected chi connectivity index (χ3v) is 15.9. The molecular formula is C37H66O3. The molecule has 232 valence electrons. The molecule has 5 aliphatic rings. The van der Waals surface area contributed by atoms with Crippen molar-refractivity contribution in [3.05, 3.63) is 0 Å². The summed E-state index contributed by atoms with van der Waals surface area (Å²) in [5.41, 5.74) is 2.33. The lowest BCUT2D eigenvalue weighted by atomic mass is 9.31. The molecule has 3 heteroatoms. The number of aliphatic hydroxyl groups excluding tert-OH is 3. The molecule has 3 nitrogen and oxygen atoms in total. The van der Waals surface area contributed by atoms with Crippen LogP contribution in [-0.4, -0.2) is 34.1 Å². The minimum atomic E-state index is -0.826. The van der Waals surface area contributed by atoms with E-state index in [-0.39, 0.29) is 12.5 Å². The molecule has 5 saturated carbocycles. The van der Waals surface area contributed by atoms with E-state index in [0.717, 1.165) is 48.3 Å². The van der Waals surface area contributed by atoms with Gasteiger partial charge < -0.3 is 15.3 Å². The molecule has 0 aromatic carbocycles. The van der Waals surface area contributed by atoms with Gasteiger partial charge in [-0.05, 0) is 146 Å². The molecule has 0 aromatic rings. The predicted molar refractivity (Wildman–Crippen MR) is 166 cm³/mol. The Morgan fingerprint density at radius 3 is 1.90 bits per heavy atom. The van der Waals surface area contributed by atoms with Crippen LogP contribution < -0.4 is 0 Å². The van der Waals surface area contributed by atoms with Crippen LogP contribution in [0.4, 0.5) is 0 Å². The van der Waals surface area contributed by atoms with E-state index in [9.17, 15) is 15.3 Å². The minimum Gasteiger partial charge on any atom is -0.394 e. The first-order chi connectivity index (χ1) is 18.5. The maximum absolute atomic E-state index is 10.7. The Labute approximate surface area is 247 Å². The van der Waals surface area contributed by atoms with Crippen LogP contribution in [0.2, 0.25) is 0 Å². The zero-order valence-corrected chi connectivity index (χ0v) is 27.8. The van der Waals surface area contributed by atoms with E-state index in [2.05, 4.69) is 55.4 Å². The lowest BCUT2D eigenvalue weighted by Gasteiger charge is -2.73. The number of aliphatic hydroxyl groups is 3. The van der Waals surface area contributed by atoms with Gasteiger partial charge in [0.1, 0.15) is 0 Å². The molecule has 5 fully saturated rings. The van der Waals surface area contributed by atoms with Crippen molar-refractivity contribution >= 4 is 0 Å². The van der Waals surface area contributed by atoms with Crippen molar-refractivity contribution in [1.82, 2.24) is 0 Å². The van der Waals surface area contributed by atoms with Crippen molar-refractivity contribution in [3.63, 3.8) is 0 Å². The van der Waals surface area contributed by atoms with Crippen molar-refractivity contribution in [2.75, 3.05) is 6.61 Å². The van der Waals surface area contributed by atoms with Gasteiger partial charge in [0.2, 0.25) is 0 Å². The van der Waals surface area contributed by atoms with Gasteiger partial charge in [0, 0.05) is 5.92 Å². The van der Waals surface area contributed by atoms with E-state index in [1.54, 1.807) is 0 Å². The van der Waals surface area contributed by atoms with Gasteiger partial charge in [0.05, 0.1) is 18.8 Å². The van der Waals surface area contributed by atoms with E-state index in [1.807, 2.05) is 6.92 Å². The summed E-state index contributed by atoms with van der Waals surface area (Å²) in [6, 6.07) is 0. The highest BCUT2D eigenvalue weighted by atomic mass is 16.3. The molecular weight excluding hydrogens is 492 g/mol.